The van der Waals surface area contributed by atoms with E-state index in [1.54, 1.807) is 18.6 Å². The van der Waals surface area contributed by atoms with Gasteiger partial charge in [0, 0.05) is 43.6 Å². The first-order chi connectivity index (χ1) is 12.9. The molecule has 2 aromatic heterocycles. The Morgan fingerprint density at radius 3 is 2.59 bits per heavy atom. The molecule has 0 unspecified atom stereocenters. The van der Waals surface area contributed by atoms with Crippen LogP contribution < -0.4 is 10.2 Å². The van der Waals surface area contributed by atoms with Gasteiger partial charge in [0.05, 0.1) is 11.7 Å². The normalized spacial score (nSPS) is 21.1. The largest absolute Gasteiger partial charge is 0.444 e. The number of hydrogen-bond donors (Lipinski definition) is 1. The highest BCUT2D eigenvalue weighted by Crippen LogP contribution is 2.49. The van der Waals surface area contributed by atoms with Crippen molar-refractivity contribution < 1.29 is 9.53 Å². The molecule has 1 atom stereocenters. The van der Waals surface area contributed by atoms with E-state index in [1.165, 1.54) is 0 Å². The molecule has 1 fully saturated rings. The van der Waals surface area contributed by atoms with E-state index in [1.807, 2.05) is 37.6 Å². The zero-order valence-corrected chi connectivity index (χ0v) is 16.1. The van der Waals surface area contributed by atoms with Crippen LogP contribution in [-0.2, 0) is 11.3 Å². The summed E-state index contributed by atoms with van der Waals surface area (Å²) in [7, 11) is 0. The lowest BCUT2D eigenvalue weighted by atomic mass is 9.73. The molecule has 0 radical (unpaired) electrons. The predicted molar refractivity (Wildman–Crippen MR) is 100 cm³/mol. The topological polar surface area (TPSA) is 85.2 Å². The van der Waals surface area contributed by atoms with Crippen molar-refractivity contribution in [2.24, 2.45) is 5.41 Å². The van der Waals surface area contributed by atoms with Crippen molar-refractivity contribution in [1.29, 1.82) is 0 Å². The van der Waals surface area contributed by atoms with Gasteiger partial charge in [-0.25, -0.2) is 14.8 Å². The van der Waals surface area contributed by atoms with Crippen molar-refractivity contribution in [3.05, 3.63) is 36.4 Å². The van der Waals surface area contributed by atoms with Crippen molar-refractivity contribution >= 4 is 12.0 Å². The van der Waals surface area contributed by atoms with Crippen molar-refractivity contribution in [3.8, 4) is 0 Å². The van der Waals surface area contributed by atoms with Gasteiger partial charge in [-0.1, -0.05) is 0 Å². The fraction of sp³-hybridized carbons (Fsp3) is 0.579. The van der Waals surface area contributed by atoms with Gasteiger partial charge in [-0.05, 0) is 45.7 Å². The minimum absolute atomic E-state index is 0.0637. The van der Waals surface area contributed by atoms with Gasteiger partial charge in [0.2, 0.25) is 5.95 Å². The van der Waals surface area contributed by atoms with Crippen LogP contribution in [0.3, 0.4) is 0 Å². The van der Waals surface area contributed by atoms with E-state index < -0.39 is 5.60 Å². The van der Waals surface area contributed by atoms with Gasteiger partial charge in [0.15, 0.2) is 0 Å². The molecule has 0 aromatic carbocycles. The summed E-state index contributed by atoms with van der Waals surface area (Å²) in [4.78, 5) is 23.4. The van der Waals surface area contributed by atoms with Gasteiger partial charge in [-0.3, -0.25) is 4.68 Å². The van der Waals surface area contributed by atoms with Crippen LogP contribution in [0.1, 0.15) is 45.3 Å². The fourth-order valence-electron chi connectivity index (χ4n) is 4.13. The monoisotopic (exact) mass is 370 g/mol. The molecule has 2 aliphatic heterocycles. The average molecular weight is 370 g/mol. The Morgan fingerprint density at radius 2 is 1.93 bits per heavy atom. The number of carbonyl (C=O) groups is 1. The third-order valence-electron chi connectivity index (χ3n) is 5.38. The molecule has 2 aliphatic rings. The van der Waals surface area contributed by atoms with Gasteiger partial charge in [-0.2, -0.15) is 5.10 Å². The maximum absolute atomic E-state index is 12.5. The Bertz CT molecular complexity index is 805. The quantitative estimate of drug-likeness (QED) is 0.874. The molecule has 1 N–H and O–H groups in total. The number of amides is 1. The molecule has 0 saturated carbocycles. The van der Waals surface area contributed by atoms with Crippen LogP contribution in [-0.4, -0.2) is 44.5 Å². The van der Waals surface area contributed by atoms with Crippen molar-refractivity contribution in [1.82, 2.24) is 25.1 Å². The van der Waals surface area contributed by atoms with E-state index in [0.29, 0.717) is 0 Å². The number of nitrogens with one attached hydrogen (secondary N) is 1. The number of carbonyl (C=O) groups excluding carboxylic acids is 1. The molecule has 0 aliphatic carbocycles. The van der Waals surface area contributed by atoms with Crippen molar-refractivity contribution in [2.45, 2.75) is 51.8 Å². The lowest BCUT2D eigenvalue weighted by molar-refractivity contribution is 0.0423. The lowest BCUT2D eigenvalue weighted by Crippen LogP contribution is -2.48. The van der Waals surface area contributed by atoms with Gasteiger partial charge in [0.1, 0.15) is 5.60 Å². The Hall–Kier alpha value is -2.64. The number of ether oxygens (including phenoxy) is 1. The first-order valence-corrected chi connectivity index (χ1v) is 9.40. The first kappa shape index (κ1) is 17.8. The molecule has 144 valence electrons. The second-order valence-corrected chi connectivity index (χ2v) is 8.39. The van der Waals surface area contributed by atoms with E-state index in [0.717, 1.165) is 44.1 Å². The molecule has 0 bridgehead atoms. The molecule has 8 heteroatoms. The molecular weight excluding hydrogens is 344 g/mol. The highest BCUT2D eigenvalue weighted by Gasteiger charge is 2.49. The second kappa shape index (κ2) is 6.51. The number of fused-ring (bicyclic) bond motifs is 1. The Kier molecular flexibility index (Phi) is 4.28. The third kappa shape index (κ3) is 3.48. The van der Waals surface area contributed by atoms with Crippen LogP contribution in [0.5, 0.6) is 0 Å². The van der Waals surface area contributed by atoms with Crippen molar-refractivity contribution in [2.75, 3.05) is 18.0 Å². The molecule has 8 nitrogen and oxygen atoms in total. The zero-order chi connectivity index (χ0) is 19.1. The molecule has 1 saturated heterocycles. The molecule has 1 spiro atoms. The van der Waals surface area contributed by atoms with E-state index in [2.05, 4.69) is 25.3 Å². The molecular formula is C19H26N6O2. The van der Waals surface area contributed by atoms with Gasteiger partial charge in [-0.15, -0.1) is 0 Å². The third-order valence-corrected chi connectivity index (χ3v) is 5.38. The predicted octanol–water partition coefficient (Wildman–Crippen LogP) is 2.54. The van der Waals surface area contributed by atoms with Crippen LogP contribution in [0.4, 0.5) is 10.7 Å². The number of piperidine rings is 1. The zero-order valence-electron chi connectivity index (χ0n) is 16.1. The molecule has 27 heavy (non-hydrogen) atoms. The molecule has 2 aromatic rings. The summed E-state index contributed by atoms with van der Waals surface area (Å²) in [5.41, 5.74) is 0.459. The van der Waals surface area contributed by atoms with Crippen LogP contribution in [0.25, 0.3) is 0 Å². The number of aromatic nitrogens is 4. The summed E-state index contributed by atoms with van der Waals surface area (Å²) in [5, 5.41) is 7.56. The summed E-state index contributed by atoms with van der Waals surface area (Å²) in [6, 6.07) is 3.71. The molecule has 4 heterocycles. The summed E-state index contributed by atoms with van der Waals surface area (Å²) in [5.74, 6) is 0.764. The summed E-state index contributed by atoms with van der Waals surface area (Å²) in [6.45, 7) is 8.13. The van der Waals surface area contributed by atoms with Gasteiger partial charge in [0.25, 0.3) is 0 Å². The summed E-state index contributed by atoms with van der Waals surface area (Å²) < 4.78 is 7.52. The maximum atomic E-state index is 12.5. The smallest absolute Gasteiger partial charge is 0.408 e. The number of rotatable bonds is 2. The number of anilines is 1. The Labute approximate surface area is 158 Å². The number of alkyl carbamates (subject to hydrolysis) is 1. The van der Waals surface area contributed by atoms with Crippen molar-refractivity contribution in [3.63, 3.8) is 0 Å². The van der Waals surface area contributed by atoms with Gasteiger partial charge < -0.3 is 15.0 Å². The number of nitrogens with zero attached hydrogens (tertiary/aromatic N) is 5. The fourth-order valence-corrected chi connectivity index (χ4v) is 4.13. The number of hydrogen-bond acceptors (Lipinski definition) is 6. The van der Waals surface area contributed by atoms with Crippen LogP contribution >= 0.6 is 0 Å². The Balaban J connectivity index is 1.51. The van der Waals surface area contributed by atoms with E-state index in [-0.39, 0.29) is 17.6 Å². The van der Waals surface area contributed by atoms with E-state index >= 15 is 0 Å². The first-order valence-electron chi connectivity index (χ1n) is 9.40. The minimum Gasteiger partial charge on any atom is -0.444 e. The molecule has 1 amide bonds. The van der Waals surface area contributed by atoms with Crippen LogP contribution in [0, 0.1) is 5.41 Å². The highest BCUT2D eigenvalue weighted by atomic mass is 16.6. The van der Waals surface area contributed by atoms with E-state index in [9.17, 15) is 4.79 Å². The summed E-state index contributed by atoms with van der Waals surface area (Å²) in [6.07, 6.45) is 6.80. The lowest BCUT2D eigenvalue weighted by Gasteiger charge is -2.42. The highest BCUT2D eigenvalue weighted by molar-refractivity contribution is 5.68. The standard InChI is InChI=1S/C19H26N6O2/c1-18(2,3)27-17(26)23-15-14-5-10-22-25(14)13-19(15)6-11-24(12-7-19)16-20-8-4-9-21-16/h4-5,8-10,15H,6-7,11-13H2,1-3H3,(H,23,26)/t15-/m1/s1. The second-order valence-electron chi connectivity index (χ2n) is 8.39. The SMILES string of the molecule is CC(C)(C)OC(=O)N[C@@H]1c2ccnn2CC12CCN(c1ncccn1)CC2. The van der Waals surface area contributed by atoms with E-state index in [4.69, 9.17) is 4.74 Å². The minimum atomic E-state index is -0.524. The Morgan fingerprint density at radius 1 is 1.22 bits per heavy atom. The van der Waals surface area contributed by atoms with Crippen LogP contribution in [0.15, 0.2) is 30.7 Å². The van der Waals surface area contributed by atoms with Crippen LogP contribution in [0.2, 0.25) is 0 Å². The van der Waals surface area contributed by atoms with Gasteiger partial charge >= 0.3 is 6.09 Å². The average Bonchev–Trinajstić information content (AvgIpc) is 3.16. The maximum Gasteiger partial charge on any atom is 0.408 e. The summed E-state index contributed by atoms with van der Waals surface area (Å²) >= 11 is 0. The molecule has 4 rings (SSSR count).